The molecule has 4 aromatic heterocycles. The molecule has 0 aliphatic heterocycles. The molecular weight excluding hydrogens is 1060 g/mol. The van der Waals surface area contributed by atoms with Gasteiger partial charge >= 0.3 is 146 Å². The number of furan rings is 2. The first-order valence-electron chi connectivity index (χ1n) is 24.2. The number of hydrogen-bond donors (Lipinski definition) is 0. The van der Waals surface area contributed by atoms with Gasteiger partial charge in [0.05, 0.1) is 28.1 Å². The zero-order chi connectivity index (χ0) is 46.1. The van der Waals surface area contributed by atoms with Crippen molar-refractivity contribution in [2.45, 2.75) is 55.7 Å². The van der Waals surface area contributed by atoms with E-state index in [-0.39, 0.29) is 26.0 Å². The molecule has 0 spiro atoms. The number of para-hydroxylation sites is 2. The van der Waals surface area contributed by atoms with E-state index in [9.17, 15) is 0 Å². The van der Waals surface area contributed by atoms with Crippen LogP contribution in [0.1, 0.15) is 40.4 Å². The number of aromatic nitrogens is 3. The van der Waals surface area contributed by atoms with E-state index in [0.717, 1.165) is 125 Å². The van der Waals surface area contributed by atoms with Gasteiger partial charge in [-0.2, -0.15) is 0 Å². The third-order valence-electron chi connectivity index (χ3n) is 13.3. The Bertz CT molecular complexity index is 3880. The number of hydrogen-bond acceptors (Lipinski definition) is 4. The van der Waals surface area contributed by atoms with Gasteiger partial charge in [0.15, 0.2) is 5.58 Å². The van der Waals surface area contributed by atoms with Crippen LogP contribution in [0.2, 0.25) is 17.3 Å². The number of rotatable bonds is 6. The first-order valence-corrected chi connectivity index (χ1v) is 30.5. The van der Waals surface area contributed by atoms with E-state index in [1.54, 1.807) is 0 Å². The molecule has 0 amide bonds. The van der Waals surface area contributed by atoms with E-state index in [1.165, 1.54) is 21.6 Å². The number of nitrogens with zero attached hydrogens (tertiary/aromatic N) is 3. The Labute approximate surface area is 409 Å². The van der Waals surface area contributed by atoms with Crippen LogP contribution in [0.15, 0.2) is 173 Å². The summed E-state index contributed by atoms with van der Waals surface area (Å²) in [6, 6.07) is 60.7. The van der Waals surface area contributed by atoms with Gasteiger partial charge in [0.1, 0.15) is 11.2 Å². The third-order valence-corrected chi connectivity index (χ3v) is 17.6. The SMILES string of the molecule is [2H]C([2H])(c1cc(-c2[c-]cccc2)nc[c]1[Ge]([CH3])([CH3])[CH3])C1CCCCC1.[Ir].[c-]1cc2oc3ccc4ccccc4c3c2cc1-c1nc2cc3ccccc3cc2n1-c1cccc2c1oc1ccccc12. The second kappa shape index (κ2) is 17.7. The largest absolute Gasteiger partial charge is 0.500 e. The predicted molar refractivity (Wildman–Crippen MR) is 277 cm³/mol. The molecule has 1 aliphatic carbocycles. The molecule has 67 heavy (non-hydrogen) atoms. The first-order chi connectivity index (χ1) is 33.1. The molecule has 0 saturated heterocycles. The third kappa shape index (κ3) is 7.99. The standard InChI is InChI=1S/C39H21N2O2.C21H28GeN.Ir/c1-2-10-25-22-33-31(21-24(25)9-1)40-39(41(33)32-14-7-13-29-28-12-5-6-15-34(28)43-38(29)32)26-17-18-35-30(20-26)37-27-11-4-3-8-23(27)16-19-36(37)42-35;1-22(2,3)20-16-23-21(18-12-8-5-9-13-18)15-19(20)14-17-10-6-4-7-11-17;/h1-16,18-22H;5,8-9,12,15-17H,4,6-7,10-11,14H2,1-3H3;/q2*-1;/i;14D2;. The molecule has 1 saturated carbocycles. The molecule has 0 unspecified atom stereocenters. The van der Waals surface area contributed by atoms with Gasteiger partial charge in [-0.15, -0.1) is 23.8 Å². The fourth-order valence-corrected chi connectivity index (χ4v) is 13.0. The number of pyridine rings is 1. The molecule has 4 heterocycles. The second-order valence-electron chi connectivity index (χ2n) is 18.7. The fraction of sp³-hybridized carbons (Fsp3) is 0.167. The molecule has 8 aromatic carbocycles. The topological polar surface area (TPSA) is 57.0 Å². The zero-order valence-corrected chi connectivity index (χ0v) is 42.2. The molecule has 1 aliphatic rings. The average molecular weight is 1110 g/mol. The van der Waals surface area contributed by atoms with Crippen molar-refractivity contribution in [3.63, 3.8) is 0 Å². The van der Waals surface area contributed by atoms with Crippen molar-refractivity contribution in [3.05, 3.63) is 182 Å². The van der Waals surface area contributed by atoms with Gasteiger partial charge in [-0.1, -0.05) is 90.3 Å². The Morgan fingerprint density at radius 2 is 1.40 bits per heavy atom. The Hall–Kier alpha value is -6.31. The van der Waals surface area contributed by atoms with Crippen LogP contribution in [-0.2, 0) is 26.5 Å². The van der Waals surface area contributed by atoms with Crippen LogP contribution in [0.4, 0.5) is 0 Å². The van der Waals surface area contributed by atoms with Gasteiger partial charge < -0.3 is 13.4 Å². The Kier molecular flexibility index (Phi) is 10.8. The monoisotopic (exact) mass is 1110 g/mol. The number of fused-ring (bicyclic) bond motifs is 10. The molecule has 13 rings (SSSR count). The maximum atomic E-state index is 9.00. The van der Waals surface area contributed by atoms with Gasteiger partial charge in [-0.05, 0) is 51.9 Å². The van der Waals surface area contributed by atoms with Gasteiger partial charge in [0.25, 0.3) is 0 Å². The molecule has 331 valence electrons. The van der Waals surface area contributed by atoms with Gasteiger partial charge in [0.2, 0.25) is 0 Å². The quantitative estimate of drug-likeness (QED) is 0.123. The van der Waals surface area contributed by atoms with Crippen LogP contribution >= 0.6 is 0 Å². The molecule has 1 radical (unpaired) electrons. The van der Waals surface area contributed by atoms with Crippen molar-refractivity contribution in [2.24, 2.45) is 5.92 Å². The molecule has 0 N–H and O–H groups in total. The average Bonchev–Trinajstić information content (AvgIpc) is 4.07. The molecule has 0 bridgehead atoms. The summed E-state index contributed by atoms with van der Waals surface area (Å²) in [5.74, 6) is 7.90. The van der Waals surface area contributed by atoms with Gasteiger partial charge in [0, 0.05) is 36.3 Å². The van der Waals surface area contributed by atoms with E-state index < -0.39 is 19.6 Å². The summed E-state index contributed by atoms with van der Waals surface area (Å²) in [6.45, 7) is 0. The van der Waals surface area contributed by atoms with E-state index in [2.05, 4.69) is 148 Å². The first kappa shape index (κ1) is 40.9. The molecule has 5 nitrogen and oxygen atoms in total. The van der Waals surface area contributed by atoms with Crippen LogP contribution < -0.4 is 4.40 Å². The second-order valence-corrected chi connectivity index (χ2v) is 29.3. The van der Waals surface area contributed by atoms with Gasteiger partial charge in [-0.3, -0.25) is 4.98 Å². The molecule has 1 fully saturated rings. The summed E-state index contributed by atoms with van der Waals surface area (Å²) in [5.41, 5.74) is 9.80. The Morgan fingerprint density at radius 3 is 2.21 bits per heavy atom. The molecule has 0 atom stereocenters. The van der Waals surface area contributed by atoms with E-state index in [4.69, 9.17) is 16.6 Å². The number of benzene rings is 8. The van der Waals surface area contributed by atoms with Crippen LogP contribution in [0, 0.1) is 18.1 Å². The smallest absolute Gasteiger partial charge is 0.158 e. The van der Waals surface area contributed by atoms with Crippen LogP contribution in [0.3, 0.4) is 0 Å². The molecule has 12 aromatic rings. The van der Waals surface area contributed by atoms with Crippen LogP contribution in [-0.4, -0.2) is 27.8 Å². The van der Waals surface area contributed by atoms with E-state index >= 15 is 0 Å². The van der Waals surface area contributed by atoms with E-state index in [1.807, 2.05) is 54.7 Å². The van der Waals surface area contributed by atoms with Crippen molar-refractivity contribution in [3.8, 4) is 28.3 Å². The summed E-state index contributed by atoms with van der Waals surface area (Å²) in [5, 5.41) is 8.99. The van der Waals surface area contributed by atoms with Crippen molar-refractivity contribution in [1.82, 2.24) is 14.5 Å². The zero-order valence-electron chi connectivity index (χ0n) is 39.7. The van der Waals surface area contributed by atoms with E-state index in [0.29, 0.717) is 0 Å². The van der Waals surface area contributed by atoms with Crippen molar-refractivity contribution in [1.29, 1.82) is 0 Å². The summed E-state index contributed by atoms with van der Waals surface area (Å²) in [6.07, 6.45) is 6.24. The minimum absolute atomic E-state index is 0. The summed E-state index contributed by atoms with van der Waals surface area (Å²) in [4.78, 5) is 9.95. The Balaban J connectivity index is 0.000000172. The molecular formula is C60H49GeIrN3O2-2. The molecule has 7 heteroatoms. The minimum Gasteiger partial charge on any atom is -0.500 e. The maximum Gasteiger partial charge on any atom is 0.158 e. The van der Waals surface area contributed by atoms with Crippen molar-refractivity contribution in [2.75, 3.05) is 0 Å². The van der Waals surface area contributed by atoms with Crippen LogP contribution in [0.25, 0.3) is 105 Å². The predicted octanol–water partition coefficient (Wildman–Crippen LogP) is 15.8. The Morgan fingerprint density at radius 1 is 0.657 bits per heavy atom. The number of imidazole rings is 1. The van der Waals surface area contributed by atoms with Gasteiger partial charge in [-0.25, -0.2) is 0 Å². The van der Waals surface area contributed by atoms with Crippen LogP contribution in [0.5, 0.6) is 0 Å². The summed E-state index contributed by atoms with van der Waals surface area (Å²) < 4.78 is 34.3. The van der Waals surface area contributed by atoms with Crippen molar-refractivity contribution < 1.29 is 31.7 Å². The fourth-order valence-electron chi connectivity index (χ4n) is 10.1. The minimum atomic E-state index is -2.23. The summed E-state index contributed by atoms with van der Waals surface area (Å²) in [7, 11) is 0. The van der Waals surface area contributed by atoms with Crippen molar-refractivity contribution >= 4 is 94.1 Å². The summed E-state index contributed by atoms with van der Waals surface area (Å²) >= 11 is -2.23. The normalized spacial score (nSPS) is 14.1. The maximum absolute atomic E-state index is 9.00.